The zero-order chi connectivity index (χ0) is 39.6. The zero-order valence-corrected chi connectivity index (χ0v) is 29.5. The van der Waals surface area contributed by atoms with Crippen molar-refractivity contribution in [3.05, 3.63) is 71.4 Å². The SMILES string of the molecule is N[C@H](Cc1c[nH]c2ccccc12)C(=O)NNC(=O)CCc1ccc(CNC(=O)CN(CCN(CC(=O)O)CC(=O)O)CCN(CC(=O)O)CC(=O)O)cc1. The largest absolute Gasteiger partial charge is 0.480 e. The van der Waals surface area contributed by atoms with Gasteiger partial charge in [-0.2, -0.15) is 0 Å². The van der Waals surface area contributed by atoms with Crippen molar-refractivity contribution in [2.75, 3.05) is 58.9 Å². The Kier molecular flexibility index (Phi) is 17.0. The third-order valence-corrected chi connectivity index (χ3v) is 8.20. The standard InChI is InChI=1S/C35H46N8O11/c36-27(15-25-17-37-28-4-2-1-3-26(25)28)35(54)40-39-29(44)10-9-23-5-7-24(8-6-23)16-38-30(45)18-41(11-13-42(19-31(46)47)20-32(48)49)12-14-43(21-33(50)51)22-34(52)53/h1-8,17,27,37H,9-16,18-22,36H2,(H,38,45)(H,39,44)(H,40,54)(H,46,47)(H,48,49)(H,50,51)(H,52,53)/t27-/m1/s1. The van der Waals surface area contributed by atoms with Crippen molar-refractivity contribution in [1.29, 1.82) is 0 Å². The van der Waals surface area contributed by atoms with E-state index >= 15 is 0 Å². The maximum atomic E-state index is 12.9. The molecule has 292 valence electrons. The maximum absolute atomic E-state index is 12.9. The zero-order valence-electron chi connectivity index (χ0n) is 29.5. The van der Waals surface area contributed by atoms with Crippen molar-refractivity contribution in [1.82, 2.24) is 35.9 Å². The highest BCUT2D eigenvalue weighted by Crippen LogP contribution is 2.18. The third-order valence-electron chi connectivity index (χ3n) is 8.20. The van der Waals surface area contributed by atoms with Gasteiger partial charge in [-0.3, -0.25) is 59.1 Å². The van der Waals surface area contributed by atoms with Gasteiger partial charge in [0.25, 0.3) is 5.91 Å². The summed E-state index contributed by atoms with van der Waals surface area (Å²) < 4.78 is 0. The van der Waals surface area contributed by atoms with Gasteiger partial charge in [0.15, 0.2) is 0 Å². The number of aromatic amines is 1. The fourth-order valence-electron chi connectivity index (χ4n) is 5.49. The van der Waals surface area contributed by atoms with E-state index in [-0.39, 0.29) is 52.1 Å². The number of H-pyrrole nitrogens is 1. The monoisotopic (exact) mass is 754 g/mol. The normalized spacial score (nSPS) is 11.8. The number of hydrazine groups is 1. The minimum atomic E-state index is -1.24. The number of benzene rings is 2. The molecule has 0 bridgehead atoms. The summed E-state index contributed by atoms with van der Waals surface area (Å²) in [7, 11) is 0. The Labute approximate surface area is 310 Å². The fourth-order valence-corrected chi connectivity index (χ4v) is 5.49. The average Bonchev–Trinajstić information content (AvgIpc) is 3.51. The quantitative estimate of drug-likeness (QED) is 0.0480. The van der Waals surface area contributed by atoms with E-state index in [2.05, 4.69) is 21.2 Å². The van der Waals surface area contributed by atoms with Crippen molar-refractivity contribution in [2.45, 2.75) is 31.8 Å². The van der Waals surface area contributed by atoms with E-state index in [0.717, 1.165) is 37.4 Å². The van der Waals surface area contributed by atoms with E-state index < -0.39 is 73.8 Å². The van der Waals surface area contributed by atoms with Crippen LogP contribution in [0.1, 0.15) is 23.1 Å². The molecule has 0 radical (unpaired) electrons. The van der Waals surface area contributed by atoms with E-state index in [9.17, 15) is 33.6 Å². The first-order valence-electron chi connectivity index (χ1n) is 17.0. The Hall–Kier alpha value is -5.89. The Morgan fingerprint density at radius 2 is 1.17 bits per heavy atom. The molecule has 19 nitrogen and oxygen atoms in total. The summed E-state index contributed by atoms with van der Waals surface area (Å²) in [5, 5.41) is 40.3. The van der Waals surface area contributed by atoms with Gasteiger partial charge >= 0.3 is 23.9 Å². The molecule has 0 aliphatic carbocycles. The van der Waals surface area contributed by atoms with Gasteiger partial charge in [0.1, 0.15) is 0 Å². The summed E-state index contributed by atoms with van der Waals surface area (Å²) in [6.45, 7) is -2.36. The van der Waals surface area contributed by atoms with Crippen LogP contribution in [0, 0.1) is 0 Å². The molecular formula is C35H46N8O11. The lowest BCUT2D eigenvalue weighted by Crippen LogP contribution is -2.50. The lowest BCUT2D eigenvalue weighted by Gasteiger charge is -2.28. The van der Waals surface area contributed by atoms with Gasteiger partial charge in [-0.25, -0.2) is 0 Å². The molecule has 0 aliphatic heterocycles. The fraction of sp³-hybridized carbons (Fsp3) is 0.400. The summed E-state index contributed by atoms with van der Waals surface area (Å²) in [4.78, 5) is 89.6. The maximum Gasteiger partial charge on any atom is 0.317 e. The van der Waals surface area contributed by atoms with E-state index in [1.807, 2.05) is 24.3 Å². The molecule has 3 amide bonds. The lowest BCUT2D eigenvalue weighted by atomic mass is 10.1. The van der Waals surface area contributed by atoms with Crippen LogP contribution >= 0.6 is 0 Å². The van der Waals surface area contributed by atoms with Crippen molar-refractivity contribution < 1.29 is 54.0 Å². The smallest absolute Gasteiger partial charge is 0.317 e. The first-order chi connectivity index (χ1) is 25.7. The summed E-state index contributed by atoms with van der Waals surface area (Å²) in [5.41, 5.74) is 14.2. The predicted octanol–water partition coefficient (Wildman–Crippen LogP) is -1.32. The molecule has 0 unspecified atom stereocenters. The first-order valence-corrected chi connectivity index (χ1v) is 17.0. The molecule has 19 heteroatoms. The van der Waals surface area contributed by atoms with Gasteiger partial charge in [0, 0.05) is 56.2 Å². The Bertz CT molecular complexity index is 1690. The van der Waals surface area contributed by atoms with Crippen molar-refractivity contribution in [2.24, 2.45) is 5.73 Å². The number of aryl methyl sites for hydroxylation is 1. The van der Waals surface area contributed by atoms with Crippen LogP contribution in [-0.2, 0) is 52.9 Å². The third kappa shape index (κ3) is 15.8. The summed E-state index contributed by atoms with van der Waals surface area (Å²) in [6, 6.07) is 13.9. The highest BCUT2D eigenvalue weighted by molar-refractivity contribution is 5.87. The summed E-state index contributed by atoms with van der Waals surface area (Å²) in [6.07, 6.45) is 2.53. The second-order valence-electron chi connectivity index (χ2n) is 12.6. The number of carboxylic acid groups (broad SMARTS) is 4. The van der Waals surface area contributed by atoms with Crippen LogP contribution in [-0.4, -0.2) is 147 Å². The van der Waals surface area contributed by atoms with E-state index in [1.165, 1.54) is 0 Å². The van der Waals surface area contributed by atoms with Crippen LogP contribution < -0.4 is 21.9 Å². The molecule has 1 aromatic heterocycles. The second kappa shape index (κ2) is 21.6. The highest BCUT2D eigenvalue weighted by Gasteiger charge is 2.20. The number of para-hydroxylation sites is 1. The van der Waals surface area contributed by atoms with Crippen LogP contribution in [0.25, 0.3) is 10.9 Å². The van der Waals surface area contributed by atoms with Crippen LogP contribution in [0.5, 0.6) is 0 Å². The number of aliphatic carboxylic acids is 4. The summed E-state index contributed by atoms with van der Waals surface area (Å²) in [5.74, 6) is -6.35. The number of rotatable bonds is 24. The van der Waals surface area contributed by atoms with Crippen molar-refractivity contribution >= 4 is 52.5 Å². The lowest BCUT2D eigenvalue weighted by molar-refractivity contribution is -0.143. The molecule has 0 saturated carbocycles. The molecular weight excluding hydrogens is 708 g/mol. The minimum Gasteiger partial charge on any atom is -0.480 e. The number of fused-ring (bicyclic) bond motifs is 1. The number of carboxylic acids is 4. The number of carbonyl (C=O) groups excluding carboxylic acids is 3. The number of nitrogens with one attached hydrogen (secondary N) is 4. The second-order valence-corrected chi connectivity index (χ2v) is 12.6. The Morgan fingerprint density at radius 1 is 0.648 bits per heavy atom. The Morgan fingerprint density at radius 3 is 1.72 bits per heavy atom. The minimum absolute atomic E-state index is 0.0335. The van der Waals surface area contributed by atoms with Gasteiger partial charge in [-0.1, -0.05) is 42.5 Å². The van der Waals surface area contributed by atoms with Gasteiger partial charge in [0.2, 0.25) is 11.8 Å². The van der Waals surface area contributed by atoms with Crippen molar-refractivity contribution in [3.63, 3.8) is 0 Å². The molecule has 1 heterocycles. The van der Waals surface area contributed by atoms with E-state index in [4.69, 9.17) is 26.2 Å². The number of nitrogens with zero attached hydrogens (tertiary/aromatic N) is 3. The van der Waals surface area contributed by atoms with E-state index in [0.29, 0.717) is 6.42 Å². The van der Waals surface area contributed by atoms with Gasteiger partial charge in [-0.05, 0) is 35.6 Å². The topological polar surface area (TPSA) is 288 Å². The molecule has 0 saturated heterocycles. The molecule has 0 fully saturated rings. The highest BCUT2D eigenvalue weighted by atomic mass is 16.4. The van der Waals surface area contributed by atoms with Crippen molar-refractivity contribution in [3.8, 4) is 0 Å². The van der Waals surface area contributed by atoms with Crippen LogP contribution in [0.3, 0.4) is 0 Å². The number of nitrogens with two attached hydrogens (primary N) is 1. The molecule has 2 aromatic carbocycles. The number of hydrogen-bond donors (Lipinski definition) is 9. The molecule has 3 aromatic rings. The predicted molar refractivity (Wildman–Crippen MR) is 193 cm³/mol. The molecule has 1 atom stereocenters. The number of hydrogen-bond acceptors (Lipinski definition) is 11. The molecule has 0 aliphatic rings. The molecule has 54 heavy (non-hydrogen) atoms. The summed E-state index contributed by atoms with van der Waals surface area (Å²) >= 11 is 0. The molecule has 3 rings (SSSR count). The number of amides is 3. The van der Waals surface area contributed by atoms with Gasteiger partial charge in [-0.15, -0.1) is 0 Å². The number of aromatic nitrogens is 1. The van der Waals surface area contributed by atoms with Gasteiger partial charge < -0.3 is 36.5 Å². The molecule has 10 N–H and O–H groups in total. The molecule has 0 spiro atoms. The van der Waals surface area contributed by atoms with E-state index in [1.54, 1.807) is 35.4 Å². The van der Waals surface area contributed by atoms with Crippen LogP contribution in [0.2, 0.25) is 0 Å². The van der Waals surface area contributed by atoms with Crippen LogP contribution in [0.4, 0.5) is 0 Å². The number of carbonyl (C=O) groups is 7. The average molecular weight is 755 g/mol. The first kappa shape index (κ1) is 42.5. The van der Waals surface area contributed by atoms with Gasteiger partial charge in [0.05, 0.1) is 38.8 Å². The van der Waals surface area contributed by atoms with Crippen LogP contribution in [0.15, 0.2) is 54.7 Å². The Balaban J connectivity index is 1.46.